The summed E-state index contributed by atoms with van der Waals surface area (Å²) >= 11 is 0. The van der Waals surface area contributed by atoms with E-state index in [1.54, 1.807) is 15.5 Å². The van der Waals surface area contributed by atoms with E-state index in [-0.39, 0.29) is 36.6 Å². The third-order valence-electron chi connectivity index (χ3n) is 5.83. The van der Waals surface area contributed by atoms with E-state index < -0.39 is 5.97 Å². The fraction of sp³-hybridized carbons (Fsp3) is 0.545. The highest BCUT2D eigenvalue weighted by Gasteiger charge is 2.28. The van der Waals surface area contributed by atoms with Crippen LogP contribution >= 0.6 is 0 Å². The Labute approximate surface area is 169 Å². The summed E-state index contributed by atoms with van der Waals surface area (Å²) in [5.41, 5.74) is 0.600. The predicted octanol–water partition coefficient (Wildman–Crippen LogP) is 2.61. The Hall–Kier alpha value is -2.70. The summed E-state index contributed by atoms with van der Waals surface area (Å²) in [5, 5.41) is 0.604. The first-order valence-electron chi connectivity index (χ1n) is 10.5. The lowest BCUT2D eigenvalue weighted by Gasteiger charge is -2.33. The number of aromatic nitrogens is 2. The van der Waals surface area contributed by atoms with Gasteiger partial charge in [0.1, 0.15) is 5.82 Å². The van der Waals surface area contributed by atoms with Crippen molar-refractivity contribution in [1.29, 1.82) is 0 Å². The zero-order valence-corrected chi connectivity index (χ0v) is 16.8. The van der Waals surface area contributed by atoms with Crippen molar-refractivity contribution in [2.75, 3.05) is 13.2 Å². The Bertz CT molecular complexity index is 980. The summed E-state index contributed by atoms with van der Waals surface area (Å²) in [6, 6.07) is 7.65. The molecule has 2 heterocycles. The highest BCUT2D eigenvalue weighted by atomic mass is 16.5. The van der Waals surface area contributed by atoms with Crippen LogP contribution in [-0.4, -0.2) is 45.5 Å². The molecule has 1 saturated carbocycles. The number of aryl methyl sites for hydroxylation is 1. The Balaban J connectivity index is 1.39. The molecule has 0 N–H and O–H groups in total. The van der Waals surface area contributed by atoms with Crippen molar-refractivity contribution in [3.63, 3.8) is 0 Å². The zero-order valence-electron chi connectivity index (χ0n) is 16.8. The lowest BCUT2D eigenvalue weighted by atomic mass is 10.0. The van der Waals surface area contributed by atoms with Gasteiger partial charge in [0.15, 0.2) is 6.61 Å². The van der Waals surface area contributed by atoms with Gasteiger partial charge >= 0.3 is 5.97 Å². The SMILES string of the molecule is CC1CCCCN1C(=O)COC(=O)CCc1nc2ccccc2c(=O)n1C1CC1. The van der Waals surface area contributed by atoms with Gasteiger partial charge in [-0.25, -0.2) is 4.98 Å². The van der Waals surface area contributed by atoms with Crippen molar-refractivity contribution in [3.05, 3.63) is 40.4 Å². The van der Waals surface area contributed by atoms with Crippen LogP contribution in [0.5, 0.6) is 0 Å². The Morgan fingerprint density at radius 1 is 1.17 bits per heavy atom. The quantitative estimate of drug-likeness (QED) is 0.700. The van der Waals surface area contributed by atoms with Crippen molar-refractivity contribution in [3.8, 4) is 0 Å². The first-order chi connectivity index (χ1) is 14.0. The number of amides is 1. The van der Waals surface area contributed by atoms with Crippen molar-refractivity contribution in [2.24, 2.45) is 0 Å². The molecule has 1 aliphatic carbocycles. The number of nitrogens with zero attached hydrogens (tertiary/aromatic N) is 3. The van der Waals surface area contributed by atoms with E-state index in [0.717, 1.165) is 38.6 Å². The molecule has 1 amide bonds. The Morgan fingerprint density at radius 2 is 1.97 bits per heavy atom. The highest BCUT2D eigenvalue weighted by Crippen LogP contribution is 2.34. The van der Waals surface area contributed by atoms with Gasteiger partial charge in [-0.05, 0) is 51.2 Å². The molecule has 29 heavy (non-hydrogen) atoms. The van der Waals surface area contributed by atoms with Gasteiger partial charge in [0.25, 0.3) is 11.5 Å². The van der Waals surface area contributed by atoms with Crippen molar-refractivity contribution >= 4 is 22.8 Å². The van der Waals surface area contributed by atoms with Crippen molar-refractivity contribution in [2.45, 2.75) is 64.0 Å². The van der Waals surface area contributed by atoms with Gasteiger partial charge in [0.05, 0.1) is 17.3 Å². The summed E-state index contributed by atoms with van der Waals surface area (Å²) in [6.07, 6.45) is 5.46. The minimum Gasteiger partial charge on any atom is -0.456 e. The second kappa shape index (κ2) is 8.35. The zero-order chi connectivity index (χ0) is 20.4. The molecule has 1 aliphatic heterocycles. The fourth-order valence-corrected chi connectivity index (χ4v) is 4.06. The van der Waals surface area contributed by atoms with Gasteiger partial charge in [-0.3, -0.25) is 19.0 Å². The van der Waals surface area contributed by atoms with Gasteiger partial charge in [0.2, 0.25) is 0 Å². The molecule has 1 saturated heterocycles. The van der Waals surface area contributed by atoms with Gasteiger partial charge in [-0.15, -0.1) is 0 Å². The fourth-order valence-electron chi connectivity index (χ4n) is 4.06. The van der Waals surface area contributed by atoms with E-state index in [1.165, 1.54) is 0 Å². The molecule has 0 spiro atoms. The maximum Gasteiger partial charge on any atom is 0.306 e. The normalized spacial score (nSPS) is 19.3. The van der Waals surface area contributed by atoms with Crippen LogP contribution in [0.3, 0.4) is 0 Å². The maximum atomic E-state index is 12.9. The first-order valence-corrected chi connectivity index (χ1v) is 10.5. The molecular formula is C22H27N3O4. The van der Waals surface area contributed by atoms with E-state index in [4.69, 9.17) is 4.74 Å². The molecule has 1 unspecified atom stereocenters. The topological polar surface area (TPSA) is 81.5 Å². The molecule has 1 aromatic heterocycles. The number of fused-ring (bicyclic) bond motifs is 1. The Kier molecular flexibility index (Phi) is 5.65. The van der Waals surface area contributed by atoms with Crippen molar-refractivity contribution < 1.29 is 14.3 Å². The van der Waals surface area contributed by atoms with Crippen LogP contribution in [0.4, 0.5) is 0 Å². The largest absolute Gasteiger partial charge is 0.456 e. The minimum atomic E-state index is -0.437. The molecule has 1 atom stereocenters. The van der Waals surface area contributed by atoms with E-state index >= 15 is 0 Å². The number of esters is 1. The number of carbonyl (C=O) groups excluding carboxylic acids is 2. The smallest absolute Gasteiger partial charge is 0.306 e. The molecule has 2 fully saturated rings. The lowest BCUT2D eigenvalue weighted by Crippen LogP contribution is -2.44. The van der Waals surface area contributed by atoms with Crippen LogP contribution < -0.4 is 5.56 Å². The maximum absolute atomic E-state index is 12.9. The molecule has 7 nitrogen and oxygen atoms in total. The number of carbonyl (C=O) groups is 2. The molecule has 154 valence electrons. The number of rotatable bonds is 6. The van der Waals surface area contributed by atoms with Gasteiger partial charge in [0, 0.05) is 25.0 Å². The van der Waals surface area contributed by atoms with Gasteiger partial charge in [-0.2, -0.15) is 0 Å². The molecule has 0 bridgehead atoms. The molecule has 2 aromatic rings. The monoisotopic (exact) mass is 397 g/mol. The van der Waals surface area contributed by atoms with Crippen LogP contribution in [-0.2, 0) is 20.7 Å². The average molecular weight is 397 g/mol. The summed E-state index contributed by atoms with van der Waals surface area (Å²) in [7, 11) is 0. The van der Waals surface area contributed by atoms with Gasteiger partial charge in [-0.1, -0.05) is 12.1 Å². The van der Waals surface area contributed by atoms with E-state index in [2.05, 4.69) is 4.98 Å². The summed E-state index contributed by atoms with van der Waals surface area (Å²) < 4.78 is 6.95. The number of piperidine rings is 1. The predicted molar refractivity (Wildman–Crippen MR) is 109 cm³/mol. The third-order valence-corrected chi connectivity index (χ3v) is 5.83. The molecule has 1 aromatic carbocycles. The van der Waals surface area contributed by atoms with Crippen LogP contribution in [0.15, 0.2) is 29.1 Å². The molecule has 4 rings (SSSR count). The van der Waals surface area contributed by atoms with Crippen molar-refractivity contribution in [1.82, 2.24) is 14.5 Å². The number of benzene rings is 1. The number of hydrogen-bond donors (Lipinski definition) is 0. The van der Waals surface area contributed by atoms with Crippen LogP contribution in [0.25, 0.3) is 10.9 Å². The third kappa shape index (κ3) is 4.33. The second-order valence-electron chi connectivity index (χ2n) is 8.04. The van der Waals surface area contributed by atoms with E-state index in [1.807, 2.05) is 25.1 Å². The van der Waals surface area contributed by atoms with Crippen LogP contribution in [0.2, 0.25) is 0 Å². The number of para-hydroxylation sites is 1. The van der Waals surface area contributed by atoms with Crippen LogP contribution in [0, 0.1) is 0 Å². The molecule has 0 radical (unpaired) electrons. The first kappa shape index (κ1) is 19.6. The standard InChI is InChI=1S/C22H27N3O4/c1-15-6-4-5-13-24(15)20(26)14-29-21(27)12-11-19-23-18-8-3-2-7-17(18)22(28)25(19)16-9-10-16/h2-3,7-8,15-16H,4-6,9-14H2,1H3. The van der Waals surface area contributed by atoms with Gasteiger partial charge < -0.3 is 9.64 Å². The molecule has 7 heteroatoms. The number of ether oxygens (including phenoxy) is 1. The number of hydrogen-bond acceptors (Lipinski definition) is 5. The number of likely N-dealkylation sites (tertiary alicyclic amines) is 1. The summed E-state index contributed by atoms with van der Waals surface area (Å²) in [6.45, 7) is 2.54. The van der Waals surface area contributed by atoms with E-state index in [9.17, 15) is 14.4 Å². The van der Waals surface area contributed by atoms with E-state index in [0.29, 0.717) is 23.1 Å². The lowest BCUT2D eigenvalue weighted by molar-refractivity contribution is -0.153. The summed E-state index contributed by atoms with van der Waals surface area (Å²) in [5.74, 6) is 0.0427. The highest BCUT2D eigenvalue weighted by molar-refractivity contribution is 5.81. The minimum absolute atomic E-state index is 0.0456. The average Bonchev–Trinajstić information content (AvgIpc) is 3.56. The molecule has 2 aliphatic rings. The molecular weight excluding hydrogens is 370 g/mol. The summed E-state index contributed by atoms with van der Waals surface area (Å²) in [4.78, 5) is 43.8. The van der Waals surface area contributed by atoms with Crippen LogP contribution in [0.1, 0.15) is 57.3 Å². The second-order valence-corrected chi connectivity index (χ2v) is 8.04. The Morgan fingerprint density at radius 3 is 2.72 bits per heavy atom.